The molecule has 0 aliphatic carbocycles. The van der Waals surface area contributed by atoms with Gasteiger partial charge in [0.1, 0.15) is 0 Å². The van der Waals surface area contributed by atoms with E-state index in [0.717, 1.165) is 32.7 Å². The summed E-state index contributed by atoms with van der Waals surface area (Å²) in [5.41, 5.74) is 0. The molecule has 84 valence electrons. The van der Waals surface area contributed by atoms with Crippen molar-refractivity contribution in [3.05, 3.63) is 10.7 Å². The minimum atomic E-state index is 0.288. The molecular weight excluding hydrogens is 212 g/mol. The van der Waals surface area contributed by atoms with Gasteiger partial charge in [-0.25, -0.2) is 5.10 Å². The summed E-state index contributed by atoms with van der Waals surface area (Å²) in [6.45, 7) is 7.40. The Labute approximate surface area is 93.9 Å². The van der Waals surface area contributed by atoms with Gasteiger partial charge in [-0.1, -0.05) is 6.92 Å². The Kier molecular flexibility index (Phi) is 3.50. The van der Waals surface area contributed by atoms with E-state index in [4.69, 9.17) is 16.6 Å². The van der Waals surface area contributed by atoms with Crippen LogP contribution in [0.4, 0.5) is 0 Å². The van der Waals surface area contributed by atoms with Crippen LogP contribution in [0.2, 0.25) is 0 Å². The molecule has 5 nitrogen and oxygen atoms in total. The van der Waals surface area contributed by atoms with E-state index in [9.17, 15) is 0 Å². The molecule has 15 heavy (non-hydrogen) atoms. The van der Waals surface area contributed by atoms with Crippen LogP contribution in [0.25, 0.3) is 0 Å². The van der Waals surface area contributed by atoms with Crippen LogP contribution in [0, 0.1) is 4.84 Å². The number of nitrogens with zero attached hydrogens (tertiary/aromatic N) is 2. The highest BCUT2D eigenvalue weighted by Crippen LogP contribution is 2.14. The molecular formula is C9H16N4OS. The summed E-state index contributed by atoms with van der Waals surface area (Å²) in [4.78, 5) is 2.77. The zero-order valence-corrected chi connectivity index (χ0v) is 9.64. The molecule has 1 aromatic heterocycles. The molecule has 2 rings (SSSR count). The molecule has 1 saturated heterocycles. The normalized spacial score (nSPS) is 20.3. The number of rotatable bonds is 3. The molecule has 1 aliphatic rings. The molecule has 1 aromatic rings. The Balaban J connectivity index is 1.90. The van der Waals surface area contributed by atoms with Crippen LogP contribution in [0.3, 0.4) is 0 Å². The van der Waals surface area contributed by atoms with E-state index in [1.165, 1.54) is 0 Å². The predicted molar refractivity (Wildman–Crippen MR) is 59.4 cm³/mol. The SMILES string of the molecule is CC(CN1CCNCC1)c1n[nH]c(=S)o1. The van der Waals surface area contributed by atoms with Crippen LogP contribution in [-0.2, 0) is 0 Å². The van der Waals surface area contributed by atoms with Gasteiger partial charge < -0.3 is 14.6 Å². The van der Waals surface area contributed by atoms with Gasteiger partial charge in [-0.05, 0) is 12.2 Å². The highest BCUT2D eigenvalue weighted by molar-refractivity contribution is 7.71. The van der Waals surface area contributed by atoms with E-state index >= 15 is 0 Å². The van der Waals surface area contributed by atoms with E-state index in [1.807, 2.05) is 0 Å². The van der Waals surface area contributed by atoms with Gasteiger partial charge in [0.2, 0.25) is 5.89 Å². The first kappa shape index (κ1) is 10.8. The van der Waals surface area contributed by atoms with Crippen LogP contribution in [0.5, 0.6) is 0 Å². The lowest BCUT2D eigenvalue weighted by Gasteiger charge is -2.28. The van der Waals surface area contributed by atoms with Crippen LogP contribution in [0.1, 0.15) is 18.7 Å². The van der Waals surface area contributed by atoms with Crippen LogP contribution in [-0.4, -0.2) is 47.8 Å². The van der Waals surface area contributed by atoms with Crippen molar-refractivity contribution in [2.45, 2.75) is 12.8 Å². The van der Waals surface area contributed by atoms with Gasteiger partial charge in [0, 0.05) is 38.6 Å². The number of piperazine rings is 1. The third-order valence-corrected chi connectivity index (χ3v) is 2.79. The number of hydrogen-bond donors (Lipinski definition) is 2. The molecule has 1 aliphatic heterocycles. The summed E-state index contributed by atoms with van der Waals surface area (Å²) in [6.07, 6.45) is 0. The first-order valence-corrected chi connectivity index (χ1v) is 5.65. The maximum Gasteiger partial charge on any atom is 0.284 e. The maximum atomic E-state index is 5.29. The van der Waals surface area contributed by atoms with Crippen molar-refractivity contribution < 1.29 is 4.42 Å². The highest BCUT2D eigenvalue weighted by Gasteiger charge is 2.17. The van der Waals surface area contributed by atoms with Gasteiger partial charge in [0.15, 0.2) is 0 Å². The van der Waals surface area contributed by atoms with Gasteiger partial charge in [0.25, 0.3) is 4.84 Å². The number of hydrogen-bond acceptors (Lipinski definition) is 5. The summed E-state index contributed by atoms with van der Waals surface area (Å²) in [6, 6.07) is 0. The molecule has 1 fully saturated rings. The fourth-order valence-electron chi connectivity index (χ4n) is 1.81. The van der Waals surface area contributed by atoms with Crippen LogP contribution < -0.4 is 5.32 Å². The molecule has 1 atom stereocenters. The quantitative estimate of drug-likeness (QED) is 0.747. The lowest BCUT2D eigenvalue weighted by atomic mass is 10.1. The van der Waals surface area contributed by atoms with Crippen molar-refractivity contribution in [2.24, 2.45) is 0 Å². The standard InChI is InChI=1S/C9H16N4OS/c1-7(8-11-12-9(15)14-8)6-13-4-2-10-3-5-13/h7,10H,2-6H2,1H3,(H,12,15). The first-order chi connectivity index (χ1) is 7.25. The highest BCUT2D eigenvalue weighted by atomic mass is 32.1. The van der Waals surface area contributed by atoms with Crippen molar-refractivity contribution in [1.82, 2.24) is 20.4 Å². The Morgan fingerprint density at radius 1 is 1.53 bits per heavy atom. The number of nitrogens with one attached hydrogen (secondary N) is 2. The molecule has 2 N–H and O–H groups in total. The van der Waals surface area contributed by atoms with Crippen LogP contribution in [0.15, 0.2) is 4.42 Å². The zero-order valence-electron chi connectivity index (χ0n) is 8.82. The van der Waals surface area contributed by atoms with E-state index in [-0.39, 0.29) is 5.92 Å². The Morgan fingerprint density at radius 3 is 2.87 bits per heavy atom. The van der Waals surface area contributed by atoms with E-state index in [0.29, 0.717) is 10.7 Å². The average Bonchev–Trinajstić information content (AvgIpc) is 2.66. The van der Waals surface area contributed by atoms with E-state index < -0.39 is 0 Å². The second kappa shape index (κ2) is 4.87. The predicted octanol–water partition coefficient (Wildman–Crippen LogP) is 0.741. The molecule has 2 heterocycles. The molecule has 0 aromatic carbocycles. The number of aromatic nitrogens is 2. The van der Waals surface area contributed by atoms with Crippen molar-refractivity contribution >= 4 is 12.2 Å². The van der Waals surface area contributed by atoms with Gasteiger partial charge in [-0.2, -0.15) is 0 Å². The smallest absolute Gasteiger partial charge is 0.284 e. The average molecular weight is 228 g/mol. The van der Waals surface area contributed by atoms with Gasteiger partial charge >= 0.3 is 0 Å². The monoisotopic (exact) mass is 228 g/mol. The van der Waals surface area contributed by atoms with Gasteiger partial charge in [0.05, 0.1) is 0 Å². The third-order valence-electron chi connectivity index (χ3n) is 2.62. The zero-order chi connectivity index (χ0) is 10.7. The summed E-state index contributed by atoms with van der Waals surface area (Å²) in [7, 11) is 0. The molecule has 0 bridgehead atoms. The fourth-order valence-corrected chi connectivity index (χ4v) is 1.94. The summed E-state index contributed by atoms with van der Waals surface area (Å²) >= 11 is 4.85. The summed E-state index contributed by atoms with van der Waals surface area (Å²) in [5, 5.41) is 10.0. The Hall–Kier alpha value is -0.720. The Morgan fingerprint density at radius 2 is 2.27 bits per heavy atom. The van der Waals surface area contributed by atoms with Crippen molar-refractivity contribution in [3.63, 3.8) is 0 Å². The fraction of sp³-hybridized carbons (Fsp3) is 0.778. The Bertz CT molecular complexity index is 355. The minimum absolute atomic E-state index is 0.288. The van der Waals surface area contributed by atoms with E-state index in [1.54, 1.807) is 0 Å². The minimum Gasteiger partial charge on any atom is -0.414 e. The molecule has 1 unspecified atom stereocenters. The van der Waals surface area contributed by atoms with Crippen molar-refractivity contribution in [2.75, 3.05) is 32.7 Å². The second-order valence-electron chi connectivity index (χ2n) is 3.90. The van der Waals surface area contributed by atoms with E-state index in [2.05, 4.69) is 27.3 Å². The molecule has 0 saturated carbocycles. The summed E-state index contributed by atoms with van der Waals surface area (Å²) < 4.78 is 5.29. The maximum absolute atomic E-state index is 5.29. The molecule has 6 heteroatoms. The largest absolute Gasteiger partial charge is 0.414 e. The van der Waals surface area contributed by atoms with Crippen LogP contribution >= 0.6 is 12.2 Å². The van der Waals surface area contributed by atoms with Gasteiger partial charge in [-0.3, -0.25) is 0 Å². The molecule has 0 radical (unpaired) electrons. The lowest BCUT2D eigenvalue weighted by Crippen LogP contribution is -2.44. The summed E-state index contributed by atoms with van der Waals surface area (Å²) in [5.74, 6) is 0.995. The number of H-pyrrole nitrogens is 1. The third kappa shape index (κ3) is 2.87. The topological polar surface area (TPSA) is 57.1 Å². The molecule has 0 amide bonds. The first-order valence-electron chi connectivity index (χ1n) is 5.24. The van der Waals surface area contributed by atoms with Gasteiger partial charge in [-0.15, -0.1) is 5.10 Å². The second-order valence-corrected chi connectivity index (χ2v) is 4.27. The van der Waals surface area contributed by atoms with Crippen molar-refractivity contribution in [3.8, 4) is 0 Å². The molecule has 0 spiro atoms. The lowest BCUT2D eigenvalue weighted by molar-refractivity contribution is 0.221. The van der Waals surface area contributed by atoms with Crippen molar-refractivity contribution in [1.29, 1.82) is 0 Å². The number of aromatic amines is 1.